The normalized spacial score (nSPS) is 11.0. The summed E-state index contributed by atoms with van der Waals surface area (Å²) in [5.74, 6) is 0.572. The lowest BCUT2D eigenvalue weighted by atomic mass is 10.1. The van der Waals surface area contributed by atoms with Crippen LogP contribution in [0, 0.1) is 0 Å². The minimum absolute atomic E-state index is 0.144. The molecule has 2 aromatic carbocycles. The Morgan fingerprint density at radius 3 is 2.58 bits per heavy atom. The van der Waals surface area contributed by atoms with Gasteiger partial charge in [0.25, 0.3) is 5.91 Å². The first-order valence-corrected chi connectivity index (χ1v) is 8.41. The summed E-state index contributed by atoms with van der Waals surface area (Å²) in [5, 5.41) is 7.27. The Kier molecular flexibility index (Phi) is 6.81. The summed E-state index contributed by atoms with van der Waals surface area (Å²) in [6.45, 7) is 2.15. The van der Waals surface area contributed by atoms with Crippen molar-refractivity contribution in [1.82, 2.24) is 5.43 Å². The molecular formula is C18H20BrN3O2. The number of rotatable bonds is 7. The zero-order valence-electron chi connectivity index (χ0n) is 13.7. The molecule has 6 heteroatoms. The van der Waals surface area contributed by atoms with Crippen molar-refractivity contribution in [3.8, 4) is 5.75 Å². The molecule has 2 N–H and O–H groups in total. The summed E-state index contributed by atoms with van der Waals surface area (Å²) in [6, 6.07) is 15.2. The van der Waals surface area contributed by atoms with Crippen LogP contribution in [0.3, 0.4) is 0 Å². The molecule has 0 aliphatic heterocycles. The number of hydrogen-bond donors (Lipinski definition) is 2. The molecule has 5 nitrogen and oxygen atoms in total. The van der Waals surface area contributed by atoms with Gasteiger partial charge in [-0.2, -0.15) is 5.10 Å². The molecule has 0 saturated heterocycles. The Morgan fingerprint density at radius 1 is 1.21 bits per heavy atom. The van der Waals surface area contributed by atoms with Crippen molar-refractivity contribution in [2.24, 2.45) is 5.10 Å². The average molecular weight is 390 g/mol. The zero-order chi connectivity index (χ0) is 17.4. The standard InChI is InChI=1S/C18H20BrN3O2/c1-3-17(13-5-4-6-14(19)11-13)21-22-18(23)12-20-15-7-9-16(24-2)10-8-15/h4-11,20H,3,12H2,1-2H3,(H,22,23)/b21-17-. The van der Waals surface area contributed by atoms with Gasteiger partial charge < -0.3 is 10.1 Å². The summed E-state index contributed by atoms with van der Waals surface area (Å²) < 4.78 is 6.07. The highest BCUT2D eigenvalue weighted by molar-refractivity contribution is 9.10. The number of nitrogens with zero attached hydrogens (tertiary/aromatic N) is 1. The Balaban J connectivity index is 1.90. The van der Waals surface area contributed by atoms with E-state index in [0.717, 1.165) is 33.6 Å². The smallest absolute Gasteiger partial charge is 0.259 e. The fraction of sp³-hybridized carbons (Fsp3) is 0.222. The van der Waals surface area contributed by atoms with Gasteiger partial charge >= 0.3 is 0 Å². The number of hydrazone groups is 1. The third-order valence-electron chi connectivity index (χ3n) is 3.35. The fourth-order valence-corrected chi connectivity index (χ4v) is 2.48. The van der Waals surface area contributed by atoms with Crippen molar-refractivity contribution in [3.63, 3.8) is 0 Å². The molecule has 0 aliphatic rings. The second kappa shape index (κ2) is 9.08. The van der Waals surface area contributed by atoms with Crippen LogP contribution in [0.15, 0.2) is 58.1 Å². The van der Waals surface area contributed by atoms with Crippen molar-refractivity contribution in [3.05, 3.63) is 58.6 Å². The Bertz CT molecular complexity index is 714. The van der Waals surface area contributed by atoms with E-state index in [1.54, 1.807) is 7.11 Å². The van der Waals surface area contributed by atoms with Crippen LogP contribution in [0.25, 0.3) is 0 Å². The number of benzene rings is 2. The second-order valence-electron chi connectivity index (χ2n) is 5.04. The van der Waals surface area contributed by atoms with Crippen molar-refractivity contribution < 1.29 is 9.53 Å². The van der Waals surface area contributed by atoms with Crippen LogP contribution < -0.4 is 15.5 Å². The predicted molar refractivity (Wildman–Crippen MR) is 101 cm³/mol. The molecule has 0 heterocycles. The number of amides is 1. The minimum Gasteiger partial charge on any atom is -0.497 e. The number of hydrogen-bond acceptors (Lipinski definition) is 4. The first-order chi connectivity index (χ1) is 11.6. The highest BCUT2D eigenvalue weighted by Crippen LogP contribution is 2.15. The highest BCUT2D eigenvalue weighted by Gasteiger charge is 2.04. The lowest BCUT2D eigenvalue weighted by Gasteiger charge is -2.08. The van der Waals surface area contributed by atoms with Crippen LogP contribution in [0.5, 0.6) is 5.75 Å². The molecule has 0 atom stereocenters. The second-order valence-corrected chi connectivity index (χ2v) is 5.96. The molecular weight excluding hydrogens is 370 g/mol. The van der Waals surface area contributed by atoms with Gasteiger partial charge in [-0.05, 0) is 48.4 Å². The van der Waals surface area contributed by atoms with E-state index in [1.807, 2.05) is 55.5 Å². The van der Waals surface area contributed by atoms with Gasteiger partial charge in [0.1, 0.15) is 5.75 Å². The van der Waals surface area contributed by atoms with Crippen LogP contribution in [-0.4, -0.2) is 25.3 Å². The number of methoxy groups -OCH3 is 1. The van der Waals surface area contributed by atoms with Gasteiger partial charge in [-0.3, -0.25) is 4.79 Å². The van der Waals surface area contributed by atoms with Crippen LogP contribution in [-0.2, 0) is 4.79 Å². The number of carbonyl (C=O) groups is 1. The number of halogens is 1. The molecule has 24 heavy (non-hydrogen) atoms. The van der Waals surface area contributed by atoms with Gasteiger partial charge in [-0.1, -0.05) is 35.0 Å². The monoisotopic (exact) mass is 389 g/mol. The molecule has 0 spiro atoms. The molecule has 0 unspecified atom stereocenters. The van der Waals surface area contributed by atoms with E-state index in [9.17, 15) is 4.79 Å². The largest absolute Gasteiger partial charge is 0.497 e. The third-order valence-corrected chi connectivity index (χ3v) is 3.84. The molecule has 0 fully saturated rings. The summed E-state index contributed by atoms with van der Waals surface area (Å²) in [6.07, 6.45) is 0.725. The fourth-order valence-electron chi connectivity index (χ4n) is 2.08. The van der Waals surface area contributed by atoms with Gasteiger partial charge in [0, 0.05) is 10.2 Å². The lowest BCUT2D eigenvalue weighted by Crippen LogP contribution is -2.27. The quantitative estimate of drug-likeness (QED) is 0.559. The first-order valence-electron chi connectivity index (χ1n) is 7.61. The molecule has 0 radical (unpaired) electrons. The first kappa shape index (κ1) is 18.0. The maximum absolute atomic E-state index is 11.9. The zero-order valence-corrected chi connectivity index (χ0v) is 15.3. The molecule has 126 valence electrons. The molecule has 1 amide bonds. The summed E-state index contributed by atoms with van der Waals surface area (Å²) in [4.78, 5) is 11.9. The highest BCUT2D eigenvalue weighted by atomic mass is 79.9. The van der Waals surface area contributed by atoms with Crippen LogP contribution >= 0.6 is 15.9 Å². The minimum atomic E-state index is -0.202. The molecule has 2 aromatic rings. The molecule has 0 saturated carbocycles. The number of anilines is 1. The molecule has 0 aromatic heterocycles. The van der Waals surface area contributed by atoms with E-state index in [-0.39, 0.29) is 12.5 Å². The molecule has 0 bridgehead atoms. The van der Waals surface area contributed by atoms with Gasteiger partial charge in [0.15, 0.2) is 0 Å². The summed E-state index contributed by atoms with van der Waals surface area (Å²) in [7, 11) is 1.62. The predicted octanol–water partition coefficient (Wildman–Crippen LogP) is 3.80. The summed E-state index contributed by atoms with van der Waals surface area (Å²) >= 11 is 3.44. The third kappa shape index (κ3) is 5.38. The van der Waals surface area contributed by atoms with Gasteiger partial charge in [-0.15, -0.1) is 0 Å². The number of carbonyl (C=O) groups excluding carboxylic acids is 1. The topological polar surface area (TPSA) is 62.7 Å². The average Bonchev–Trinajstić information content (AvgIpc) is 2.61. The van der Waals surface area contributed by atoms with Gasteiger partial charge in [0.05, 0.1) is 19.4 Å². The van der Waals surface area contributed by atoms with E-state index in [1.165, 1.54) is 0 Å². The van der Waals surface area contributed by atoms with E-state index >= 15 is 0 Å². The van der Waals surface area contributed by atoms with Crippen LogP contribution in [0.4, 0.5) is 5.69 Å². The Hall–Kier alpha value is -2.34. The summed E-state index contributed by atoms with van der Waals surface area (Å²) in [5.41, 5.74) is 5.25. The molecule has 2 rings (SSSR count). The Labute approximate surface area is 150 Å². The number of ether oxygens (including phenoxy) is 1. The van der Waals surface area contributed by atoms with E-state index in [2.05, 4.69) is 31.8 Å². The maximum Gasteiger partial charge on any atom is 0.259 e. The van der Waals surface area contributed by atoms with Crippen LogP contribution in [0.2, 0.25) is 0 Å². The van der Waals surface area contributed by atoms with Crippen molar-refractivity contribution in [1.29, 1.82) is 0 Å². The van der Waals surface area contributed by atoms with E-state index < -0.39 is 0 Å². The Morgan fingerprint density at radius 2 is 1.96 bits per heavy atom. The molecule has 0 aliphatic carbocycles. The maximum atomic E-state index is 11.9. The SMILES string of the molecule is CC/C(=N/NC(=O)CNc1ccc(OC)cc1)c1cccc(Br)c1. The number of nitrogens with one attached hydrogen (secondary N) is 2. The van der Waals surface area contributed by atoms with Gasteiger partial charge in [-0.25, -0.2) is 5.43 Å². The van der Waals surface area contributed by atoms with E-state index in [4.69, 9.17) is 4.74 Å². The van der Waals surface area contributed by atoms with Crippen molar-refractivity contribution >= 4 is 33.2 Å². The van der Waals surface area contributed by atoms with Crippen molar-refractivity contribution in [2.75, 3.05) is 19.0 Å². The van der Waals surface area contributed by atoms with Crippen molar-refractivity contribution in [2.45, 2.75) is 13.3 Å². The van der Waals surface area contributed by atoms with Gasteiger partial charge in [0.2, 0.25) is 0 Å². The lowest BCUT2D eigenvalue weighted by molar-refractivity contribution is -0.119. The van der Waals surface area contributed by atoms with E-state index in [0.29, 0.717) is 0 Å². The van der Waals surface area contributed by atoms with Crippen LogP contribution in [0.1, 0.15) is 18.9 Å².